The van der Waals surface area contributed by atoms with Gasteiger partial charge in [0.2, 0.25) is 5.91 Å². The predicted octanol–water partition coefficient (Wildman–Crippen LogP) is 0.0390. The Bertz CT molecular complexity index is 148. The minimum atomic E-state index is -2.40. The fourth-order valence-electron chi connectivity index (χ4n) is 0.541. The maximum absolute atomic E-state index is 10.7. The van der Waals surface area contributed by atoms with Crippen molar-refractivity contribution in [3.63, 3.8) is 0 Å². The van der Waals surface area contributed by atoms with Crippen molar-refractivity contribution in [1.82, 2.24) is 4.31 Å². The molecule has 0 aliphatic carbocycles. The van der Waals surface area contributed by atoms with Crippen molar-refractivity contribution >= 4 is 17.2 Å². The Morgan fingerprint density at radius 1 is 1.60 bits per heavy atom. The van der Waals surface area contributed by atoms with E-state index in [1.165, 1.54) is 0 Å². The molecule has 0 aromatic heterocycles. The second kappa shape index (κ2) is 4.40. The largest absolute Gasteiger partial charge is 0.755 e. The summed E-state index contributed by atoms with van der Waals surface area (Å²) in [5.41, 5.74) is 0. The molecule has 0 aromatic rings. The van der Waals surface area contributed by atoms with E-state index in [0.717, 1.165) is 4.31 Å². The number of hydrogen-bond acceptors (Lipinski definition) is 3. The summed E-state index contributed by atoms with van der Waals surface area (Å²) >= 11 is -2.40. The van der Waals surface area contributed by atoms with E-state index in [2.05, 4.69) is 0 Å². The normalized spacial score (nSPS) is 12.7. The molecule has 0 spiro atoms. The maximum Gasteiger partial charge on any atom is 0.233 e. The molecule has 0 saturated carbocycles. The predicted molar refractivity (Wildman–Crippen MR) is 36.6 cm³/mol. The van der Waals surface area contributed by atoms with Gasteiger partial charge in [-0.25, -0.2) is 0 Å². The van der Waals surface area contributed by atoms with Crippen LogP contribution in [0.25, 0.3) is 0 Å². The van der Waals surface area contributed by atoms with Gasteiger partial charge >= 0.3 is 0 Å². The van der Waals surface area contributed by atoms with Gasteiger partial charge < -0.3 is 4.55 Å². The monoisotopic (exact) mass is 164 g/mol. The molecular weight excluding hydrogens is 154 g/mol. The number of rotatable bonds is 3. The average molecular weight is 164 g/mol. The van der Waals surface area contributed by atoms with Gasteiger partial charge in [0.1, 0.15) is 0 Å². The molecule has 0 saturated heterocycles. The molecule has 1 amide bonds. The van der Waals surface area contributed by atoms with Crippen molar-refractivity contribution in [3.05, 3.63) is 0 Å². The van der Waals surface area contributed by atoms with Gasteiger partial charge in [0.25, 0.3) is 0 Å². The highest BCUT2D eigenvalue weighted by molar-refractivity contribution is 7.77. The smallest absolute Gasteiger partial charge is 0.233 e. The Hall–Kier alpha value is -0.420. The quantitative estimate of drug-likeness (QED) is 0.553. The first-order valence-corrected chi connectivity index (χ1v) is 4.06. The van der Waals surface area contributed by atoms with Crippen molar-refractivity contribution < 1.29 is 13.6 Å². The first kappa shape index (κ1) is 9.58. The van der Waals surface area contributed by atoms with Gasteiger partial charge in [-0.15, -0.1) is 0 Å². The summed E-state index contributed by atoms with van der Waals surface area (Å²) in [4.78, 5) is 10.7. The molecule has 60 valence electrons. The highest BCUT2D eigenvalue weighted by atomic mass is 32.2. The van der Waals surface area contributed by atoms with Crippen molar-refractivity contribution in [2.75, 3.05) is 6.54 Å². The number of nitrogens with zero attached hydrogens (tertiary/aromatic N) is 1. The summed E-state index contributed by atoms with van der Waals surface area (Å²) in [6.45, 7) is 3.45. The molecule has 5 heteroatoms. The van der Waals surface area contributed by atoms with E-state index in [0.29, 0.717) is 0 Å². The molecule has 1 unspecified atom stereocenters. The fourth-order valence-corrected chi connectivity index (χ4v) is 1.05. The summed E-state index contributed by atoms with van der Waals surface area (Å²) in [6.07, 6.45) is 0.224. The van der Waals surface area contributed by atoms with E-state index in [4.69, 9.17) is 0 Å². The van der Waals surface area contributed by atoms with Crippen LogP contribution in [-0.4, -0.2) is 25.5 Å². The van der Waals surface area contributed by atoms with Crippen LogP contribution < -0.4 is 0 Å². The maximum atomic E-state index is 10.7. The molecular formula is C5H10NO3S-. The fraction of sp³-hybridized carbons (Fsp3) is 0.800. The zero-order valence-electron chi connectivity index (χ0n) is 5.99. The lowest BCUT2D eigenvalue weighted by molar-refractivity contribution is -0.126. The molecule has 0 heterocycles. The summed E-state index contributed by atoms with van der Waals surface area (Å²) < 4.78 is 21.3. The number of carbonyl (C=O) groups excluding carboxylic acids is 1. The molecule has 10 heavy (non-hydrogen) atoms. The van der Waals surface area contributed by atoms with Crippen LogP contribution in [0.3, 0.4) is 0 Å². The molecule has 0 aromatic carbocycles. The minimum absolute atomic E-state index is 0.211. The van der Waals surface area contributed by atoms with Crippen molar-refractivity contribution in [1.29, 1.82) is 0 Å². The van der Waals surface area contributed by atoms with Crippen LogP contribution in [0.1, 0.15) is 20.3 Å². The molecule has 1 atom stereocenters. The Balaban J connectivity index is 4.06. The second-order valence-electron chi connectivity index (χ2n) is 1.66. The van der Waals surface area contributed by atoms with Crippen LogP contribution in [0.4, 0.5) is 0 Å². The zero-order valence-corrected chi connectivity index (χ0v) is 6.81. The molecule has 0 fully saturated rings. The van der Waals surface area contributed by atoms with Crippen molar-refractivity contribution in [3.8, 4) is 0 Å². The zero-order chi connectivity index (χ0) is 8.15. The van der Waals surface area contributed by atoms with Gasteiger partial charge in [0.05, 0.1) is 0 Å². The Morgan fingerprint density at radius 2 is 2.10 bits per heavy atom. The average Bonchev–Trinajstić information content (AvgIpc) is 1.88. The first-order chi connectivity index (χ1) is 4.63. The van der Waals surface area contributed by atoms with E-state index in [-0.39, 0.29) is 18.9 Å². The van der Waals surface area contributed by atoms with Gasteiger partial charge in [-0.3, -0.25) is 13.3 Å². The molecule has 0 aliphatic heterocycles. The number of amides is 1. The van der Waals surface area contributed by atoms with E-state index in [9.17, 15) is 13.6 Å². The molecule has 0 N–H and O–H groups in total. The summed E-state index contributed by atoms with van der Waals surface area (Å²) in [7, 11) is 0. The van der Waals surface area contributed by atoms with Gasteiger partial charge in [0.15, 0.2) is 0 Å². The highest BCUT2D eigenvalue weighted by Gasteiger charge is 2.07. The summed E-state index contributed by atoms with van der Waals surface area (Å²) in [5, 5.41) is 0. The van der Waals surface area contributed by atoms with Crippen LogP contribution >= 0.6 is 0 Å². The van der Waals surface area contributed by atoms with Crippen molar-refractivity contribution in [2.24, 2.45) is 0 Å². The number of hydrogen-bond donors (Lipinski definition) is 0. The van der Waals surface area contributed by atoms with Crippen molar-refractivity contribution in [2.45, 2.75) is 20.3 Å². The first-order valence-electron chi connectivity index (χ1n) is 3.03. The van der Waals surface area contributed by atoms with Crippen LogP contribution in [0, 0.1) is 0 Å². The van der Waals surface area contributed by atoms with Gasteiger partial charge in [-0.2, -0.15) is 0 Å². The van der Waals surface area contributed by atoms with E-state index < -0.39 is 11.3 Å². The molecule has 0 bridgehead atoms. The minimum Gasteiger partial charge on any atom is -0.755 e. The Labute approximate surface area is 62.6 Å². The SMILES string of the molecule is CCC(=O)N(CC)S(=O)[O-]. The van der Waals surface area contributed by atoms with E-state index >= 15 is 0 Å². The van der Waals surface area contributed by atoms with Crippen LogP contribution in [0.2, 0.25) is 0 Å². The third kappa shape index (κ3) is 2.45. The van der Waals surface area contributed by atoms with Gasteiger partial charge in [0, 0.05) is 24.2 Å². The molecule has 0 rings (SSSR count). The third-order valence-corrected chi connectivity index (χ3v) is 1.87. The van der Waals surface area contributed by atoms with Crippen LogP contribution in [0.5, 0.6) is 0 Å². The topological polar surface area (TPSA) is 60.4 Å². The lowest BCUT2D eigenvalue weighted by Crippen LogP contribution is -2.31. The lowest BCUT2D eigenvalue weighted by Gasteiger charge is -2.21. The van der Waals surface area contributed by atoms with Gasteiger partial charge in [-0.1, -0.05) is 6.92 Å². The summed E-state index contributed by atoms with van der Waals surface area (Å²) in [5.74, 6) is -0.365. The lowest BCUT2D eigenvalue weighted by atomic mass is 10.4. The molecule has 4 nitrogen and oxygen atoms in total. The van der Waals surface area contributed by atoms with Gasteiger partial charge in [-0.05, 0) is 6.92 Å². The van der Waals surface area contributed by atoms with E-state index in [1.807, 2.05) is 0 Å². The van der Waals surface area contributed by atoms with E-state index in [1.54, 1.807) is 13.8 Å². The molecule has 0 aliphatic rings. The van der Waals surface area contributed by atoms with Crippen LogP contribution in [0.15, 0.2) is 0 Å². The third-order valence-electron chi connectivity index (χ3n) is 1.05. The molecule has 0 radical (unpaired) electrons. The highest BCUT2D eigenvalue weighted by Crippen LogP contribution is 1.95. The van der Waals surface area contributed by atoms with Crippen LogP contribution in [-0.2, 0) is 16.1 Å². The number of carbonyl (C=O) groups is 1. The Kier molecular flexibility index (Phi) is 4.22. The Morgan fingerprint density at radius 3 is 2.20 bits per heavy atom. The second-order valence-corrected chi connectivity index (χ2v) is 2.53. The summed E-state index contributed by atoms with van der Waals surface area (Å²) in [6, 6.07) is 0. The standard InChI is InChI=1S/C5H11NO3S/c1-3-5(7)6(4-2)10(8)9/h3-4H2,1-2H3,(H,8,9)/p-1.